The van der Waals surface area contributed by atoms with Crippen LogP contribution in [0.2, 0.25) is 0 Å². The molecule has 0 heterocycles. The SMILES string of the molecule is CNC(=O)CN(C)C(=O)CS. The first kappa shape index (κ1) is 10.3. The monoisotopic (exact) mass is 176 g/mol. The van der Waals surface area contributed by atoms with Gasteiger partial charge in [-0.3, -0.25) is 9.59 Å². The summed E-state index contributed by atoms with van der Waals surface area (Å²) in [7, 11) is 3.09. The van der Waals surface area contributed by atoms with Gasteiger partial charge in [-0.15, -0.1) is 0 Å². The van der Waals surface area contributed by atoms with Gasteiger partial charge in [0.1, 0.15) is 0 Å². The average molecular weight is 176 g/mol. The number of nitrogens with zero attached hydrogens (tertiary/aromatic N) is 1. The second kappa shape index (κ2) is 5.01. The van der Waals surface area contributed by atoms with Crippen molar-refractivity contribution in [2.75, 3.05) is 26.4 Å². The standard InChI is InChI=1S/C6H12N2O2S/c1-7-5(9)3-8(2)6(10)4-11/h11H,3-4H2,1-2H3,(H,7,9). The minimum Gasteiger partial charge on any atom is -0.358 e. The van der Waals surface area contributed by atoms with Gasteiger partial charge >= 0.3 is 0 Å². The Kier molecular flexibility index (Phi) is 4.69. The Balaban J connectivity index is 3.77. The fourth-order valence-corrected chi connectivity index (χ4v) is 0.745. The van der Waals surface area contributed by atoms with E-state index >= 15 is 0 Å². The third kappa shape index (κ3) is 3.87. The van der Waals surface area contributed by atoms with E-state index in [1.165, 1.54) is 11.9 Å². The predicted octanol–water partition coefficient (Wildman–Crippen LogP) is -0.879. The normalized spacial score (nSPS) is 9.00. The topological polar surface area (TPSA) is 49.4 Å². The number of rotatable bonds is 3. The Morgan fingerprint density at radius 2 is 2.09 bits per heavy atom. The third-order valence-electron chi connectivity index (χ3n) is 1.22. The van der Waals surface area contributed by atoms with Crippen molar-refractivity contribution in [3.05, 3.63) is 0 Å². The lowest BCUT2D eigenvalue weighted by molar-refractivity contribution is -0.132. The molecule has 0 spiro atoms. The molecule has 11 heavy (non-hydrogen) atoms. The maximum Gasteiger partial charge on any atom is 0.239 e. The quantitative estimate of drug-likeness (QED) is 0.549. The van der Waals surface area contributed by atoms with Gasteiger partial charge in [0.2, 0.25) is 11.8 Å². The molecule has 0 saturated carbocycles. The molecule has 0 unspecified atom stereocenters. The molecular formula is C6H12N2O2S. The Morgan fingerprint density at radius 3 is 2.45 bits per heavy atom. The molecule has 64 valence electrons. The van der Waals surface area contributed by atoms with Crippen LogP contribution in [-0.2, 0) is 9.59 Å². The molecule has 4 nitrogen and oxygen atoms in total. The first-order valence-corrected chi connectivity index (χ1v) is 3.80. The molecule has 0 atom stereocenters. The van der Waals surface area contributed by atoms with E-state index in [-0.39, 0.29) is 24.1 Å². The Labute approximate surface area is 71.4 Å². The summed E-state index contributed by atoms with van der Waals surface area (Å²) in [6.45, 7) is 0.0931. The summed E-state index contributed by atoms with van der Waals surface area (Å²) in [5.41, 5.74) is 0. The summed E-state index contributed by atoms with van der Waals surface area (Å²) in [4.78, 5) is 22.9. The van der Waals surface area contributed by atoms with Crippen LogP contribution in [-0.4, -0.2) is 43.1 Å². The van der Waals surface area contributed by atoms with Crippen molar-refractivity contribution < 1.29 is 9.59 Å². The molecule has 0 fully saturated rings. The lowest BCUT2D eigenvalue weighted by atomic mass is 10.5. The van der Waals surface area contributed by atoms with Gasteiger partial charge in [0, 0.05) is 14.1 Å². The molecule has 0 aliphatic rings. The van der Waals surface area contributed by atoms with Crippen LogP contribution in [0.4, 0.5) is 0 Å². The van der Waals surface area contributed by atoms with Gasteiger partial charge in [-0.05, 0) is 0 Å². The molecule has 0 aliphatic heterocycles. The van der Waals surface area contributed by atoms with Crippen LogP contribution in [0.15, 0.2) is 0 Å². The number of amides is 2. The molecule has 0 aromatic rings. The van der Waals surface area contributed by atoms with Crippen molar-refractivity contribution >= 4 is 24.4 Å². The summed E-state index contributed by atoms with van der Waals surface area (Å²) in [5, 5.41) is 2.42. The Hall–Kier alpha value is -0.710. The van der Waals surface area contributed by atoms with Crippen molar-refractivity contribution in [3.8, 4) is 0 Å². The maximum atomic E-state index is 10.8. The Morgan fingerprint density at radius 1 is 1.55 bits per heavy atom. The molecule has 0 aromatic heterocycles. The second-order valence-electron chi connectivity index (χ2n) is 2.08. The highest BCUT2D eigenvalue weighted by molar-refractivity contribution is 7.81. The van der Waals surface area contributed by atoms with Gasteiger partial charge in [-0.25, -0.2) is 0 Å². The molecule has 0 rings (SSSR count). The average Bonchev–Trinajstić information content (AvgIpc) is 2.02. The van der Waals surface area contributed by atoms with Crippen molar-refractivity contribution in [2.45, 2.75) is 0 Å². The highest BCUT2D eigenvalue weighted by Crippen LogP contribution is 1.86. The van der Waals surface area contributed by atoms with Crippen LogP contribution in [0, 0.1) is 0 Å². The van der Waals surface area contributed by atoms with Crippen molar-refractivity contribution in [1.29, 1.82) is 0 Å². The molecule has 0 bridgehead atoms. The van der Waals surface area contributed by atoms with Crippen LogP contribution in [0.3, 0.4) is 0 Å². The van der Waals surface area contributed by atoms with E-state index in [4.69, 9.17) is 0 Å². The smallest absolute Gasteiger partial charge is 0.239 e. The summed E-state index contributed by atoms with van der Waals surface area (Å²) in [5.74, 6) is -0.201. The highest BCUT2D eigenvalue weighted by Gasteiger charge is 2.08. The first-order valence-electron chi connectivity index (χ1n) is 3.17. The fraction of sp³-hybridized carbons (Fsp3) is 0.667. The zero-order valence-electron chi connectivity index (χ0n) is 6.63. The van der Waals surface area contributed by atoms with E-state index in [0.717, 1.165) is 0 Å². The summed E-state index contributed by atoms with van der Waals surface area (Å²) >= 11 is 3.78. The van der Waals surface area contributed by atoms with Crippen LogP contribution in [0.5, 0.6) is 0 Å². The van der Waals surface area contributed by atoms with E-state index in [1.54, 1.807) is 7.05 Å². The van der Waals surface area contributed by atoms with E-state index in [1.807, 2.05) is 0 Å². The molecule has 5 heteroatoms. The molecule has 0 aromatic carbocycles. The van der Waals surface area contributed by atoms with E-state index in [9.17, 15) is 9.59 Å². The van der Waals surface area contributed by atoms with E-state index in [0.29, 0.717) is 0 Å². The lowest BCUT2D eigenvalue weighted by Gasteiger charge is -2.13. The van der Waals surface area contributed by atoms with Crippen LogP contribution >= 0.6 is 12.6 Å². The number of thiol groups is 1. The summed E-state index contributed by atoms with van der Waals surface area (Å²) in [6, 6.07) is 0. The van der Waals surface area contributed by atoms with Crippen LogP contribution in [0.25, 0.3) is 0 Å². The first-order chi connectivity index (χ1) is 5.11. The number of likely N-dealkylation sites (N-methyl/N-ethyl adjacent to an activating group) is 2. The number of nitrogens with one attached hydrogen (secondary N) is 1. The zero-order chi connectivity index (χ0) is 8.85. The highest BCUT2D eigenvalue weighted by atomic mass is 32.1. The Bertz CT molecular complexity index is 161. The number of hydrogen-bond donors (Lipinski definition) is 2. The largest absolute Gasteiger partial charge is 0.358 e. The third-order valence-corrected chi connectivity index (χ3v) is 1.49. The van der Waals surface area contributed by atoms with Crippen molar-refractivity contribution in [2.24, 2.45) is 0 Å². The lowest BCUT2D eigenvalue weighted by Crippen LogP contribution is -2.37. The second-order valence-corrected chi connectivity index (χ2v) is 2.40. The van der Waals surface area contributed by atoms with Gasteiger partial charge in [-0.1, -0.05) is 0 Å². The van der Waals surface area contributed by atoms with E-state index < -0.39 is 0 Å². The molecule has 0 aliphatic carbocycles. The number of hydrogen-bond acceptors (Lipinski definition) is 3. The van der Waals surface area contributed by atoms with Crippen molar-refractivity contribution in [3.63, 3.8) is 0 Å². The zero-order valence-corrected chi connectivity index (χ0v) is 7.52. The van der Waals surface area contributed by atoms with Gasteiger partial charge < -0.3 is 10.2 Å². The minimum absolute atomic E-state index is 0.0931. The molecule has 1 N–H and O–H groups in total. The van der Waals surface area contributed by atoms with E-state index in [2.05, 4.69) is 17.9 Å². The fourth-order valence-electron chi connectivity index (χ4n) is 0.503. The summed E-state index contributed by atoms with van der Waals surface area (Å²) in [6.07, 6.45) is 0. The van der Waals surface area contributed by atoms with Gasteiger partial charge in [0.15, 0.2) is 0 Å². The maximum absolute atomic E-state index is 10.8. The van der Waals surface area contributed by atoms with Crippen molar-refractivity contribution in [1.82, 2.24) is 10.2 Å². The van der Waals surface area contributed by atoms with Gasteiger partial charge in [-0.2, -0.15) is 12.6 Å². The predicted molar refractivity (Wildman–Crippen MR) is 45.6 cm³/mol. The summed E-state index contributed by atoms with van der Waals surface area (Å²) < 4.78 is 0. The van der Waals surface area contributed by atoms with Crippen LogP contribution in [0.1, 0.15) is 0 Å². The molecule has 0 radical (unpaired) electrons. The molecule has 2 amide bonds. The van der Waals surface area contributed by atoms with Gasteiger partial charge in [0.25, 0.3) is 0 Å². The number of carbonyl (C=O) groups excluding carboxylic acids is 2. The molecule has 0 saturated heterocycles. The minimum atomic E-state index is -0.178. The van der Waals surface area contributed by atoms with Gasteiger partial charge in [0.05, 0.1) is 12.3 Å². The number of carbonyl (C=O) groups is 2. The van der Waals surface area contributed by atoms with Crippen LogP contribution < -0.4 is 5.32 Å². The molecular weight excluding hydrogens is 164 g/mol.